The Morgan fingerprint density at radius 3 is 2.93 bits per heavy atom. The molecule has 5 nitrogen and oxygen atoms in total. The molecule has 0 unspecified atom stereocenters. The third-order valence-corrected chi connectivity index (χ3v) is 2.55. The van der Waals surface area contributed by atoms with E-state index in [0.29, 0.717) is 11.7 Å². The maximum absolute atomic E-state index is 5.65. The molecule has 0 spiro atoms. The minimum Gasteiger partial charge on any atom is -0.477 e. The molecule has 0 atom stereocenters. The van der Waals surface area contributed by atoms with Crippen molar-refractivity contribution in [2.75, 3.05) is 12.0 Å². The summed E-state index contributed by atoms with van der Waals surface area (Å²) in [4.78, 5) is 8.17. The standard InChI is InChI=1S/C10H16N4O/c1-2-8-9(14-11)12-6-13-10(8)15-5-7-3-4-7/h6-7H,2-5,11H2,1H3,(H,12,13,14). The Balaban J connectivity index is 2.12. The Labute approximate surface area is 89.0 Å². The molecular formula is C10H16N4O. The van der Waals surface area contributed by atoms with E-state index in [1.165, 1.54) is 19.2 Å². The predicted octanol–water partition coefficient (Wildman–Crippen LogP) is 1.11. The van der Waals surface area contributed by atoms with Gasteiger partial charge >= 0.3 is 0 Å². The van der Waals surface area contributed by atoms with Gasteiger partial charge in [-0.3, -0.25) is 0 Å². The molecule has 1 aromatic heterocycles. The Bertz CT molecular complexity index is 338. The maximum Gasteiger partial charge on any atom is 0.221 e. The Kier molecular flexibility index (Phi) is 3.01. The van der Waals surface area contributed by atoms with Crippen LogP contribution in [0.4, 0.5) is 5.82 Å². The molecule has 1 heterocycles. The van der Waals surface area contributed by atoms with Gasteiger partial charge in [-0.1, -0.05) is 6.92 Å². The molecule has 0 aliphatic heterocycles. The van der Waals surface area contributed by atoms with Gasteiger partial charge in [0, 0.05) is 0 Å². The number of rotatable bonds is 5. The number of hydrazine groups is 1. The van der Waals surface area contributed by atoms with Crippen molar-refractivity contribution < 1.29 is 4.74 Å². The van der Waals surface area contributed by atoms with Crippen LogP contribution in [0.25, 0.3) is 0 Å². The van der Waals surface area contributed by atoms with E-state index in [2.05, 4.69) is 15.4 Å². The van der Waals surface area contributed by atoms with Crippen LogP contribution in [0.2, 0.25) is 0 Å². The van der Waals surface area contributed by atoms with Crippen molar-refractivity contribution >= 4 is 5.82 Å². The third-order valence-electron chi connectivity index (χ3n) is 2.55. The molecule has 0 bridgehead atoms. The van der Waals surface area contributed by atoms with Gasteiger partial charge in [-0.2, -0.15) is 0 Å². The van der Waals surface area contributed by atoms with E-state index < -0.39 is 0 Å². The van der Waals surface area contributed by atoms with Crippen molar-refractivity contribution in [3.8, 4) is 5.88 Å². The van der Waals surface area contributed by atoms with E-state index in [1.807, 2.05) is 6.92 Å². The first kappa shape index (κ1) is 10.2. The molecule has 0 aromatic carbocycles. The quantitative estimate of drug-likeness (QED) is 0.560. The molecular weight excluding hydrogens is 192 g/mol. The molecule has 1 fully saturated rings. The first-order valence-corrected chi connectivity index (χ1v) is 5.28. The minimum atomic E-state index is 0.651. The Morgan fingerprint density at radius 1 is 1.53 bits per heavy atom. The number of ether oxygens (including phenoxy) is 1. The number of nitrogens with zero attached hydrogens (tertiary/aromatic N) is 2. The molecule has 5 heteroatoms. The molecule has 0 radical (unpaired) electrons. The highest BCUT2D eigenvalue weighted by Gasteiger charge is 2.23. The van der Waals surface area contributed by atoms with E-state index in [4.69, 9.17) is 10.6 Å². The van der Waals surface area contributed by atoms with Crippen LogP contribution in [0.3, 0.4) is 0 Å². The summed E-state index contributed by atoms with van der Waals surface area (Å²) >= 11 is 0. The number of aromatic nitrogens is 2. The second kappa shape index (κ2) is 4.44. The number of nitrogen functional groups attached to an aromatic ring is 1. The lowest BCUT2D eigenvalue weighted by molar-refractivity contribution is 0.285. The van der Waals surface area contributed by atoms with E-state index in [-0.39, 0.29) is 0 Å². The lowest BCUT2D eigenvalue weighted by atomic mass is 10.2. The van der Waals surface area contributed by atoms with Gasteiger partial charge in [-0.05, 0) is 25.2 Å². The molecule has 82 valence electrons. The summed E-state index contributed by atoms with van der Waals surface area (Å²) in [7, 11) is 0. The molecule has 2 rings (SSSR count). The fourth-order valence-electron chi connectivity index (χ4n) is 1.44. The number of nitrogens with two attached hydrogens (primary N) is 1. The van der Waals surface area contributed by atoms with Crippen LogP contribution < -0.4 is 16.0 Å². The molecule has 1 aliphatic carbocycles. The fraction of sp³-hybridized carbons (Fsp3) is 0.600. The fourth-order valence-corrected chi connectivity index (χ4v) is 1.44. The van der Waals surface area contributed by atoms with Gasteiger partial charge in [0.25, 0.3) is 0 Å². The summed E-state index contributed by atoms with van der Waals surface area (Å²) in [6.45, 7) is 2.79. The SMILES string of the molecule is CCc1c(NN)ncnc1OCC1CC1. The van der Waals surface area contributed by atoms with Crippen molar-refractivity contribution in [1.82, 2.24) is 9.97 Å². The van der Waals surface area contributed by atoms with Crippen LogP contribution in [0.5, 0.6) is 5.88 Å². The summed E-state index contributed by atoms with van der Waals surface area (Å²) in [5, 5.41) is 0. The number of hydrogen-bond acceptors (Lipinski definition) is 5. The van der Waals surface area contributed by atoms with Crippen molar-refractivity contribution in [2.24, 2.45) is 11.8 Å². The highest BCUT2D eigenvalue weighted by atomic mass is 16.5. The van der Waals surface area contributed by atoms with Crippen LogP contribution in [0.15, 0.2) is 6.33 Å². The Morgan fingerprint density at radius 2 is 2.33 bits per heavy atom. The van der Waals surface area contributed by atoms with Crippen LogP contribution in [0.1, 0.15) is 25.3 Å². The van der Waals surface area contributed by atoms with Gasteiger partial charge in [-0.15, -0.1) is 0 Å². The summed E-state index contributed by atoms with van der Waals surface area (Å²) in [5.41, 5.74) is 3.50. The van der Waals surface area contributed by atoms with E-state index in [1.54, 1.807) is 0 Å². The lowest BCUT2D eigenvalue weighted by Crippen LogP contribution is -2.13. The van der Waals surface area contributed by atoms with Crippen molar-refractivity contribution in [2.45, 2.75) is 26.2 Å². The number of hydrogen-bond donors (Lipinski definition) is 2. The molecule has 0 saturated heterocycles. The van der Waals surface area contributed by atoms with Gasteiger partial charge in [0.05, 0.1) is 12.2 Å². The molecule has 0 amide bonds. The van der Waals surface area contributed by atoms with Gasteiger partial charge in [0.1, 0.15) is 12.1 Å². The number of nitrogens with one attached hydrogen (secondary N) is 1. The zero-order valence-corrected chi connectivity index (χ0v) is 8.86. The average molecular weight is 208 g/mol. The first-order chi connectivity index (χ1) is 7.35. The highest BCUT2D eigenvalue weighted by Crippen LogP contribution is 2.30. The smallest absolute Gasteiger partial charge is 0.221 e. The van der Waals surface area contributed by atoms with E-state index in [0.717, 1.165) is 24.5 Å². The summed E-state index contributed by atoms with van der Waals surface area (Å²) in [6, 6.07) is 0. The predicted molar refractivity (Wildman–Crippen MR) is 57.4 cm³/mol. The van der Waals surface area contributed by atoms with Crippen LogP contribution in [-0.2, 0) is 6.42 Å². The van der Waals surface area contributed by atoms with Crippen molar-refractivity contribution in [1.29, 1.82) is 0 Å². The molecule has 3 N–H and O–H groups in total. The molecule has 1 saturated carbocycles. The van der Waals surface area contributed by atoms with Crippen LogP contribution in [-0.4, -0.2) is 16.6 Å². The topological polar surface area (TPSA) is 73.1 Å². The van der Waals surface area contributed by atoms with Crippen LogP contribution in [0, 0.1) is 5.92 Å². The Hall–Kier alpha value is -1.36. The number of anilines is 1. The van der Waals surface area contributed by atoms with Gasteiger partial charge < -0.3 is 10.2 Å². The second-order valence-electron chi connectivity index (χ2n) is 3.76. The lowest BCUT2D eigenvalue weighted by Gasteiger charge is -2.11. The van der Waals surface area contributed by atoms with Gasteiger partial charge in [0.2, 0.25) is 5.88 Å². The molecule has 15 heavy (non-hydrogen) atoms. The average Bonchev–Trinajstić information content (AvgIpc) is 3.09. The summed E-state index contributed by atoms with van der Waals surface area (Å²) < 4.78 is 5.65. The van der Waals surface area contributed by atoms with E-state index >= 15 is 0 Å². The zero-order chi connectivity index (χ0) is 10.7. The molecule has 1 aromatic rings. The second-order valence-corrected chi connectivity index (χ2v) is 3.76. The van der Waals surface area contributed by atoms with Gasteiger partial charge in [0.15, 0.2) is 0 Å². The monoisotopic (exact) mass is 208 g/mol. The first-order valence-electron chi connectivity index (χ1n) is 5.28. The normalized spacial score (nSPS) is 15.1. The third kappa shape index (κ3) is 2.36. The van der Waals surface area contributed by atoms with Crippen molar-refractivity contribution in [3.63, 3.8) is 0 Å². The zero-order valence-electron chi connectivity index (χ0n) is 8.86. The van der Waals surface area contributed by atoms with Crippen LogP contribution >= 0.6 is 0 Å². The van der Waals surface area contributed by atoms with Gasteiger partial charge in [-0.25, -0.2) is 15.8 Å². The highest BCUT2D eigenvalue weighted by molar-refractivity contribution is 5.47. The van der Waals surface area contributed by atoms with E-state index in [9.17, 15) is 0 Å². The van der Waals surface area contributed by atoms with Crippen molar-refractivity contribution in [3.05, 3.63) is 11.9 Å². The summed E-state index contributed by atoms with van der Waals surface area (Å²) in [5.74, 6) is 7.40. The molecule has 1 aliphatic rings. The largest absolute Gasteiger partial charge is 0.477 e. The minimum absolute atomic E-state index is 0.651. The maximum atomic E-state index is 5.65. The summed E-state index contributed by atoms with van der Waals surface area (Å²) in [6.07, 6.45) is 4.82.